The predicted molar refractivity (Wildman–Crippen MR) is 127 cm³/mol. The van der Waals surface area contributed by atoms with E-state index in [2.05, 4.69) is 25.2 Å². The van der Waals surface area contributed by atoms with E-state index < -0.39 is 5.60 Å². The zero-order valence-electron chi connectivity index (χ0n) is 19.6. The summed E-state index contributed by atoms with van der Waals surface area (Å²) in [6.07, 6.45) is 3.58. The van der Waals surface area contributed by atoms with Gasteiger partial charge in [0.2, 0.25) is 5.95 Å². The van der Waals surface area contributed by atoms with Gasteiger partial charge in [-0.1, -0.05) is 6.07 Å². The van der Waals surface area contributed by atoms with Crippen molar-refractivity contribution in [2.45, 2.75) is 32.9 Å². The Morgan fingerprint density at radius 3 is 2.58 bits per heavy atom. The minimum absolute atomic E-state index is 0.115. The molecule has 1 aliphatic rings. The van der Waals surface area contributed by atoms with Crippen LogP contribution in [0.25, 0.3) is 0 Å². The van der Waals surface area contributed by atoms with Crippen LogP contribution >= 0.6 is 0 Å². The molecule has 33 heavy (non-hydrogen) atoms. The molecule has 2 N–H and O–H groups in total. The number of benzene rings is 1. The van der Waals surface area contributed by atoms with Gasteiger partial charge in [-0.15, -0.1) is 0 Å². The number of imidazole rings is 1. The number of carbonyl (C=O) groups is 1. The molecule has 174 valence electrons. The quantitative estimate of drug-likeness (QED) is 0.616. The van der Waals surface area contributed by atoms with E-state index in [9.17, 15) is 9.90 Å². The first-order valence-corrected chi connectivity index (χ1v) is 11.1. The summed E-state index contributed by atoms with van der Waals surface area (Å²) in [5.41, 5.74) is 1.95. The fourth-order valence-corrected chi connectivity index (χ4v) is 4.34. The normalized spacial score (nSPS) is 19.4. The first-order valence-electron chi connectivity index (χ1n) is 11.1. The van der Waals surface area contributed by atoms with Crippen molar-refractivity contribution in [2.75, 3.05) is 38.5 Å². The summed E-state index contributed by atoms with van der Waals surface area (Å²) in [5, 5.41) is 14.7. The highest BCUT2D eigenvalue weighted by molar-refractivity contribution is 5.95. The van der Waals surface area contributed by atoms with Crippen LogP contribution in [-0.4, -0.2) is 79.2 Å². The minimum Gasteiger partial charge on any atom is -0.385 e. The molecule has 1 amide bonds. The van der Waals surface area contributed by atoms with Gasteiger partial charge in [-0.05, 0) is 52.1 Å². The number of anilines is 2. The smallest absolute Gasteiger partial charge is 0.254 e. The monoisotopic (exact) mass is 449 g/mol. The Morgan fingerprint density at radius 1 is 1.12 bits per heavy atom. The van der Waals surface area contributed by atoms with Crippen LogP contribution in [0.5, 0.6) is 0 Å². The lowest BCUT2D eigenvalue weighted by atomic mass is 10.0. The molecule has 1 fully saturated rings. The number of nitrogens with one attached hydrogen (secondary N) is 1. The molecule has 9 nitrogen and oxygen atoms in total. The Balaban J connectivity index is 1.53. The van der Waals surface area contributed by atoms with Gasteiger partial charge in [0.1, 0.15) is 11.4 Å². The fourth-order valence-electron chi connectivity index (χ4n) is 4.34. The van der Waals surface area contributed by atoms with E-state index >= 15 is 0 Å². The summed E-state index contributed by atoms with van der Waals surface area (Å²) in [5.74, 6) is 1.22. The molecule has 0 aliphatic carbocycles. The summed E-state index contributed by atoms with van der Waals surface area (Å²) in [6.45, 7) is 8.06. The predicted octanol–water partition coefficient (Wildman–Crippen LogP) is 2.16. The molecule has 1 aliphatic heterocycles. The van der Waals surface area contributed by atoms with Crippen LogP contribution in [0.4, 0.5) is 11.6 Å². The van der Waals surface area contributed by atoms with E-state index in [0.29, 0.717) is 37.7 Å². The number of β-amino-alcohol motifs (C(OH)–C–C–N with tert-alkyl or cyclic N) is 1. The maximum Gasteiger partial charge on any atom is 0.254 e. The summed E-state index contributed by atoms with van der Waals surface area (Å²) < 4.78 is 1.93. The highest BCUT2D eigenvalue weighted by atomic mass is 16.3. The minimum atomic E-state index is -1.09. The number of nitrogens with zero attached hydrogens (tertiary/aromatic N) is 6. The van der Waals surface area contributed by atoms with E-state index in [0.717, 1.165) is 22.9 Å². The molecular formula is C24H31N7O2. The molecule has 0 radical (unpaired) electrons. The second kappa shape index (κ2) is 9.29. The first-order chi connectivity index (χ1) is 15.7. The van der Waals surface area contributed by atoms with Crippen LogP contribution in [0.1, 0.15) is 27.6 Å². The second-order valence-corrected chi connectivity index (χ2v) is 8.97. The third-order valence-electron chi connectivity index (χ3n) is 5.82. The van der Waals surface area contributed by atoms with Crippen LogP contribution in [0.2, 0.25) is 0 Å². The van der Waals surface area contributed by atoms with Gasteiger partial charge in [0.05, 0.1) is 13.1 Å². The molecule has 1 atom stereocenters. The largest absolute Gasteiger partial charge is 0.385 e. The molecule has 4 rings (SSSR count). The number of hydrogen-bond acceptors (Lipinski definition) is 7. The molecule has 9 heteroatoms. The number of likely N-dealkylation sites (N-methyl/N-ethyl adjacent to an activating group) is 1. The number of aromatic nitrogens is 4. The lowest BCUT2D eigenvalue weighted by molar-refractivity contribution is -0.0116. The van der Waals surface area contributed by atoms with Gasteiger partial charge in [0, 0.05) is 54.7 Å². The van der Waals surface area contributed by atoms with Gasteiger partial charge in [0.15, 0.2) is 0 Å². The number of rotatable bonds is 5. The lowest BCUT2D eigenvalue weighted by Gasteiger charge is -2.33. The Kier molecular flexibility index (Phi) is 6.44. The molecule has 0 spiro atoms. The maximum absolute atomic E-state index is 13.4. The Morgan fingerprint density at radius 2 is 1.88 bits per heavy atom. The van der Waals surface area contributed by atoms with Gasteiger partial charge in [-0.3, -0.25) is 4.79 Å². The summed E-state index contributed by atoms with van der Waals surface area (Å²) in [6, 6.07) is 9.23. The van der Waals surface area contributed by atoms with Crippen LogP contribution in [0.3, 0.4) is 0 Å². The standard InChI is InChI=1S/C24H31N7O2/c1-17-12-18(2)27-23(26-17)28-21-7-5-6-20(13-21)22(32)31-11-10-29(4)14-24(33,16-31)15-30-9-8-25-19(30)3/h5-9,12-13,33H,10-11,14-16H2,1-4H3,(H,26,27,28)/t24-/m1/s1. The van der Waals surface area contributed by atoms with Crippen LogP contribution in [0, 0.1) is 20.8 Å². The SMILES string of the molecule is Cc1cc(C)nc(Nc2cccc(C(=O)N3CCN(C)C[C@@](O)(Cn4ccnc4C)C3)c2)n1. The van der Waals surface area contributed by atoms with Gasteiger partial charge < -0.3 is 24.8 Å². The van der Waals surface area contributed by atoms with Gasteiger partial charge >= 0.3 is 0 Å². The average molecular weight is 450 g/mol. The Labute approximate surface area is 194 Å². The number of amides is 1. The molecule has 1 saturated heterocycles. The molecule has 0 unspecified atom stereocenters. The number of hydrogen-bond donors (Lipinski definition) is 2. The van der Waals surface area contributed by atoms with Gasteiger partial charge in [-0.25, -0.2) is 15.0 Å². The Bertz CT molecular complexity index is 1130. The van der Waals surface area contributed by atoms with Crippen molar-refractivity contribution < 1.29 is 9.90 Å². The Hall–Kier alpha value is -3.30. The van der Waals surface area contributed by atoms with Crippen molar-refractivity contribution in [2.24, 2.45) is 0 Å². The zero-order chi connectivity index (χ0) is 23.6. The highest BCUT2D eigenvalue weighted by Gasteiger charge is 2.36. The second-order valence-electron chi connectivity index (χ2n) is 8.97. The van der Waals surface area contributed by atoms with Crippen molar-refractivity contribution >= 4 is 17.5 Å². The van der Waals surface area contributed by atoms with E-state index in [-0.39, 0.29) is 12.5 Å². The molecule has 2 aromatic heterocycles. The number of aryl methyl sites for hydroxylation is 3. The molecule has 0 bridgehead atoms. The van der Waals surface area contributed by atoms with Crippen LogP contribution in [0.15, 0.2) is 42.7 Å². The van der Waals surface area contributed by atoms with Crippen LogP contribution in [-0.2, 0) is 6.54 Å². The number of carbonyl (C=O) groups excluding carboxylic acids is 1. The lowest BCUT2D eigenvalue weighted by Crippen LogP contribution is -2.50. The summed E-state index contributed by atoms with van der Waals surface area (Å²) in [4.78, 5) is 30.3. The molecule has 1 aromatic carbocycles. The van der Waals surface area contributed by atoms with Gasteiger partial charge in [0.25, 0.3) is 5.91 Å². The van der Waals surface area contributed by atoms with E-state index in [4.69, 9.17) is 0 Å². The van der Waals surface area contributed by atoms with E-state index in [1.807, 2.05) is 56.8 Å². The van der Waals surface area contributed by atoms with Crippen molar-refractivity contribution in [1.82, 2.24) is 29.3 Å². The molecular weight excluding hydrogens is 418 g/mol. The maximum atomic E-state index is 13.4. The fraction of sp³-hybridized carbons (Fsp3) is 0.417. The molecule has 0 saturated carbocycles. The zero-order valence-corrected chi connectivity index (χ0v) is 19.6. The highest BCUT2D eigenvalue weighted by Crippen LogP contribution is 2.21. The van der Waals surface area contributed by atoms with Crippen molar-refractivity contribution in [3.05, 3.63) is 65.5 Å². The van der Waals surface area contributed by atoms with E-state index in [1.54, 1.807) is 23.2 Å². The molecule has 3 heterocycles. The summed E-state index contributed by atoms with van der Waals surface area (Å²) >= 11 is 0. The topological polar surface area (TPSA) is 99.4 Å². The van der Waals surface area contributed by atoms with Crippen molar-refractivity contribution in [3.8, 4) is 0 Å². The van der Waals surface area contributed by atoms with Gasteiger partial charge in [-0.2, -0.15) is 0 Å². The third-order valence-corrected chi connectivity index (χ3v) is 5.82. The van der Waals surface area contributed by atoms with E-state index in [1.165, 1.54) is 0 Å². The average Bonchev–Trinajstić information content (AvgIpc) is 3.06. The first kappa shape index (κ1) is 22.9. The third kappa shape index (κ3) is 5.55. The van der Waals surface area contributed by atoms with Crippen molar-refractivity contribution in [3.63, 3.8) is 0 Å². The number of aliphatic hydroxyl groups is 1. The molecule has 3 aromatic rings. The summed E-state index contributed by atoms with van der Waals surface area (Å²) in [7, 11) is 1.97. The van der Waals surface area contributed by atoms with Crippen LogP contribution < -0.4 is 5.32 Å². The van der Waals surface area contributed by atoms with Crippen molar-refractivity contribution in [1.29, 1.82) is 0 Å².